The third-order valence-corrected chi connectivity index (χ3v) is 15.6. The van der Waals surface area contributed by atoms with Gasteiger partial charge in [-0.3, -0.25) is 9.59 Å². The number of carbonyl (C=O) groups is 2. The van der Waals surface area contributed by atoms with Crippen molar-refractivity contribution < 1.29 is 9.59 Å². The van der Waals surface area contributed by atoms with Crippen molar-refractivity contribution in [3.05, 3.63) is 24.3 Å². The van der Waals surface area contributed by atoms with Crippen molar-refractivity contribution in [1.82, 2.24) is 41.7 Å². The van der Waals surface area contributed by atoms with Crippen LogP contribution in [0, 0.1) is 0 Å². The zero-order valence-electron chi connectivity index (χ0n) is 53.1. The van der Waals surface area contributed by atoms with E-state index in [2.05, 4.69) is 79.9 Å². The Kier molecular flexibility index (Phi) is 64.5. The van der Waals surface area contributed by atoms with E-state index in [0.717, 1.165) is 143 Å². The summed E-state index contributed by atoms with van der Waals surface area (Å²) in [5.74, 6) is 0.205. The molecule has 474 valence electrons. The summed E-state index contributed by atoms with van der Waals surface area (Å²) in [5.41, 5.74) is 23.0. The second-order valence-electron chi connectivity index (χ2n) is 23.2. The van der Waals surface area contributed by atoms with Gasteiger partial charge in [-0.05, 0) is 220 Å². The summed E-state index contributed by atoms with van der Waals surface area (Å²) in [4.78, 5) is 32.4. The summed E-state index contributed by atoms with van der Waals surface area (Å²) in [6.45, 7) is 19.8. The van der Waals surface area contributed by atoms with Crippen LogP contribution in [0.2, 0.25) is 0 Å². The zero-order chi connectivity index (χ0) is 58.1. The Morgan fingerprint density at radius 1 is 0.325 bits per heavy atom. The molecule has 14 heteroatoms. The molecule has 14 nitrogen and oxygen atoms in total. The summed E-state index contributed by atoms with van der Waals surface area (Å²) < 4.78 is 0. The summed E-state index contributed by atoms with van der Waals surface area (Å²) in [6, 6.07) is -0.412. The Morgan fingerprint density at radius 2 is 0.613 bits per heavy atom. The van der Waals surface area contributed by atoms with Crippen LogP contribution >= 0.6 is 0 Å². The van der Waals surface area contributed by atoms with Crippen LogP contribution in [0.5, 0.6) is 0 Å². The van der Waals surface area contributed by atoms with Gasteiger partial charge in [-0.15, -0.1) is 0 Å². The van der Waals surface area contributed by atoms with Crippen molar-refractivity contribution in [2.75, 3.05) is 118 Å². The lowest BCUT2D eigenvalue weighted by Gasteiger charge is -2.28. The SMILES string of the molecule is CCCCCCCC/C=C/CCCCCCCCN(CCCNC(=O)C(CCCNCCCN)NCCCN)CCN(CCCCCCCC/C=C/CCCCCCCC)CCCNC(=O)C(CCCNCCCN)NCCCN. The zero-order valence-corrected chi connectivity index (χ0v) is 53.1. The minimum atomic E-state index is -0.206. The Labute approximate surface area is 496 Å². The molecule has 2 unspecified atom stereocenters. The third kappa shape index (κ3) is 56.5. The molecule has 80 heavy (non-hydrogen) atoms. The third-order valence-electron chi connectivity index (χ3n) is 15.6. The molecule has 14 N–H and O–H groups in total. The van der Waals surface area contributed by atoms with Gasteiger partial charge in [-0.1, -0.05) is 154 Å². The first-order chi connectivity index (χ1) is 39.5. The highest BCUT2D eigenvalue weighted by molar-refractivity contribution is 5.82. The Hall–Kier alpha value is -1.98. The number of nitrogens with one attached hydrogen (secondary N) is 6. The first-order valence-corrected chi connectivity index (χ1v) is 34.5. The predicted octanol–water partition coefficient (Wildman–Crippen LogP) is 10.7. The minimum absolute atomic E-state index is 0.103. The molecule has 0 aliphatic rings. The van der Waals surface area contributed by atoms with E-state index < -0.39 is 0 Å². The number of nitrogens with zero attached hydrogens (tertiary/aromatic N) is 2. The van der Waals surface area contributed by atoms with Gasteiger partial charge in [0.25, 0.3) is 0 Å². The molecule has 2 atom stereocenters. The van der Waals surface area contributed by atoms with Crippen LogP contribution in [0.15, 0.2) is 24.3 Å². The van der Waals surface area contributed by atoms with Crippen molar-refractivity contribution in [3.63, 3.8) is 0 Å². The van der Waals surface area contributed by atoms with Crippen molar-refractivity contribution in [1.29, 1.82) is 0 Å². The molecule has 0 saturated heterocycles. The molecule has 0 aromatic heterocycles. The second kappa shape index (κ2) is 66.2. The van der Waals surface area contributed by atoms with Crippen LogP contribution in [0.3, 0.4) is 0 Å². The van der Waals surface area contributed by atoms with Gasteiger partial charge in [0, 0.05) is 26.2 Å². The predicted molar refractivity (Wildman–Crippen MR) is 350 cm³/mol. The number of unbranched alkanes of at least 4 members (excludes halogenated alkanes) is 24. The van der Waals surface area contributed by atoms with Crippen LogP contribution in [-0.4, -0.2) is 152 Å². The van der Waals surface area contributed by atoms with Gasteiger partial charge in [-0.2, -0.15) is 0 Å². The smallest absolute Gasteiger partial charge is 0.237 e. The van der Waals surface area contributed by atoms with Gasteiger partial charge in [0.15, 0.2) is 0 Å². The molecular formula is C66H138N12O2. The summed E-state index contributed by atoms with van der Waals surface area (Å²) >= 11 is 0. The first kappa shape index (κ1) is 78.0. The fraction of sp³-hybridized carbons (Fsp3) is 0.909. The molecule has 0 aromatic carbocycles. The van der Waals surface area contributed by atoms with Crippen LogP contribution in [0.25, 0.3) is 0 Å². The second-order valence-corrected chi connectivity index (χ2v) is 23.2. The van der Waals surface area contributed by atoms with Crippen LogP contribution in [0.1, 0.15) is 258 Å². The maximum absolute atomic E-state index is 13.5. The summed E-state index contributed by atoms with van der Waals surface area (Å²) in [7, 11) is 0. The van der Waals surface area contributed by atoms with Gasteiger partial charge in [0.2, 0.25) is 11.8 Å². The molecular weight excluding hydrogens is 993 g/mol. The summed E-state index contributed by atoms with van der Waals surface area (Å²) in [6.07, 6.45) is 55.5. The van der Waals surface area contributed by atoms with Crippen LogP contribution in [-0.2, 0) is 9.59 Å². The molecule has 0 fully saturated rings. The van der Waals surface area contributed by atoms with E-state index in [4.69, 9.17) is 22.9 Å². The normalized spacial score (nSPS) is 12.8. The standard InChI is InChI=1S/C66H138N12O2/c1-3-5-7-9-11-13-15-17-19-21-23-25-27-29-31-33-57-77(59-41-55-75-65(79)63(73-53-39-47-69)43-35-49-71-51-37-45-67)61-62-78(58-34-32-30-28-26-24-22-20-18-16-14-12-10-8-6-4-2)60-42-56-76-66(80)64(74-54-40-48-70)44-36-50-72-52-38-46-68/h17-20,63-64,71-74H,3-16,21-62,67-70H2,1-2H3,(H,75,79)(H,76,80)/b19-17+,20-18+. The highest BCUT2D eigenvalue weighted by Gasteiger charge is 2.19. The molecule has 0 bridgehead atoms. The molecule has 0 saturated carbocycles. The summed E-state index contributed by atoms with van der Waals surface area (Å²) in [5, 5.41) is 20.5. The maximum Gasteiger partial charge on any atom is 0.237 e. The number of hydrogen-bond acceptors (Lipinski definition) is 12. The monoisotopic (exact) mass is 1130 g/mol. The highest BCUT2D eigenvalue weighted by Crippen LogP contribution is 2.13. The molecule has 0 aliphatic carbocycles. The molecule has 0 heterocycles. The quantitative estimate of drug-likeness (QED) is 0.0203. The minimum Gasteiger partial charge on any atom is -0.355 e. The molecule has 0 rings (SSSR count). The van der Waals surface area contributed by atoms with E-state index in [9.17, 15) is 9.59 Å². The van der Waals surface area contributed by atoms with Gasteiger partial charge in [-0.25, -0.2) is 0 Å². The number of rotatable bonds is 67. The lowest BCUT2D eigenvalue weighted by atomic mass is 10.1. The Morgan fingerprint density at radius 3 is 0.950 bits per heavy atom. The van der Waals surface area contributed by atoms with Gasteiger partial charge < -0.3 is 64.6 Å². The number of carbonyl (C=O) groups excluding carboxylic acids is 2. The molecule has 0 spiro atoms. The lowest BCUT2D eigenvalue weighted by molar-refractivity contribution is -0.124. The van der Waals surface area contributed by atoms with E-state index in [1.807, 2.05) is 0 Å². The van der Waals surface area contributed by atoms with Crippen LogP contribution in [0.4, 0.5) is 0 Å². The fourth-order valence-electron chi connectivity index (χ4n) is 10.4. The molecule has 0 aromatic rings. The Bertz CT molecular complexity index is 1210. The van der Waals surface area contributed by atoms with Crippen molar-refractivity contribution in [2.24, 2.45) is 22.9 Å². The van der Waals surface area contributed by atoms with Gasteiger partial charge in [0.1, 0.15) is 0 Å². The Balaban J connectivity index is 5.60. The average molecular weight is 1130 g/mol. The number of nitrogens with two attached hydrogens (primary N) is 4. The van der Waals surface area contributed by atoms with Crippen molar-refractivity contribution >= 4 is 11.8 Å². The lowest BCUT2D eigenvalue weighted by Crippen LogP contribution is -2.46. The van der Waals surface area contributed by atoms with Crippen molar-refractivity contribution in [2.45, 2.75) is 270 Å². The number of amides is 2. The van der Waals surface area contributed by atoms with Crippen molar-refractivity contribution in [3.8, 4) is 0 Å². The van der Waals surface area contributed by atoms with Gasteiger partial charge >= 0.3 is 0 Å². The number of hydrogen-bond donors (Lipinski definition) is 10. The van der Waals surface area contributed by atoms with E-state index >= 15 is 0 Å². The van der Waals surface area contributed by atoms with Gasteiger partial charge in [0.05, 0.1) is 12.1 Å². The van der Waals surface area contributed by atoms with E-state index in [1.165, 1.54) is 180 Å². The van der Waals surface area contributed by atoms with Crippen LogP contribution < -0.4 is 54.8 Å². The highest BCUT2D eigenvalue weighted by atomic mass is 16.2. The maximum atomic E-state index is 13.5. The van der Waals surface area contributed by atoms with E-state index in [1.54, 1.807) is 0 Å². The first-order valence-electron chi connectivity index (χ1n) is 34.5. The van der Waals surface area contributed by atoms with E-state index in [0.29, 0.717) is 39.3 Å². The average Bonchev–Trinajstić information content (AvgIpc) is 3.46. The van der Waals surface area contributed by atoms with E-state index in [-0.39, 0.29) is 23.9 Å². The molecule has 2 amide bonds. The largest absolute Gasteiger partial charge is 0.355 e. The topological polar surface area (TPSA) is 217 Å². The molecule has 0 aliphatic heterocycles. The fourth-order valence-corrected chi connectivity index (χ4v) is 10.4. The number of allylic oxidation sites excluding steroid dienone is 4. The molecule has 0 radical (unpaired) electrons.